The first-order chi connectivity index (χ1) is 11.2. The van der Waals surface area contributed by atoms with Crippen LogP contribution in [-0.2, 0) is 9.53 Å². The summed E-state index contributed by atoms with van der Waals surface area (Å²) >= 11 is 0. The Hall–Kier alpha value is -1.26. The van der Waals surface area contributed by atoms with Gasteiger partial charge in [-0.1, -0.05) is 19.3 Å². The van der Waals surface area contributed by atoms with E-state index < -0.39 is 0 Å². The fourth-order valence-corrected chi connectivity index (χ4v) is 5.27. The van der Waals surface area contributed by atoms with Crippen LogP contribution in [0.4, 0.5) is 4.79 Å². The zero-order valence-corrected chi connectivity index (χ0v) is 13.8. The quantitative estimate of drug-likeness (QED) is 0.851. The van der Waals surface area contributed by atoms with Gasteiger partial charge in [0.15, 0.2) is 0 Å². The van der Waals surface area contributed by atoms with Crippen molar-refractivity contribution < 1.29 is 14.3 Å². The lowest BCUT2D eigenvalue weighted by Crippen LogP contribution is -2.53. The molecule has 4 rings (SSSR count). The van der Waals surface area contributed by atoms with Gasteiger partial charge in [0.25, 0.3) is 0 Å². The maximum absolute atomic E-state index is 12.5. The number of alkyl carbamates (subject to hydrolysis) is 1. The van der Waals surface area contributed by atoms with Crippen molar-refractivity contribution in [3.63, 3.8) is 0 Å². The Morgan fingerprint density at radius 2 is 1.83 bits per heavy atom. The first kappa shape index (κ1) is 15.3. The van der Waals surface area contributed by atoms with E-state index in [0.717, 1.165) is 45.1 Å². The number of carbonyl (C=O) groups excluding carboxylic acids is 2. The van der Waals surface area contributed by atoms with Crippen molar-refractivity contribution in [3.8, 4) is 0 Å². The molecule has 3 unspecified atom stereocenters. The maximum atomic E-state index is 12.5. The molecule has 5 nitrogen and oxygen atoms in total. The highest BCUT2D eigenvalue weighted by molar-refractivity contribution is 5.81. The lowest BCUT2D eigenvalue weighted by Gasteiger charge is -2.43. The highest BCUT2D eigenvalue weighted by Crippen LogP contribution is 2.45. The summed E-state index contributed by atoms with van der Waals surface area (Å²) in [5.74, 6) is 0.752. The van der Waals surface area contributed by atoms with Crippen LogP contribution in [0.3, 0.4) is 0 Å². The van der Waals surface area contributed by atoms with Gasteiger partial charge in [0, 0.05) is 30.5 Å². The molecule has 2 saturated heterocycles. The standard InChI is InChI=1S/C18H28N2O3/c21-17-12-10-14(15-8-4-5-9-20(15)17)16(11-12)23-18(22)19-13-6-2-1-3-7-13/h12-16H,1-11H2,(H,19,22)/t12?,14?,15-,16?/m1/s1. The van der Waals surface area contributed by atoms with Crippen molar-refractivity contribution in [2.45, 2.75) is 82.4 Å². The molecular formula is C18H28N2O3. The molecule has 5 heteroatoms. The van der Waals surface area contributed by atoms with Crippen LogP contribution in [0.5, 0.6) is 0 Å². The van der Waals surface area contributed by atoms with Gasteiger partial charge in [-0.15, -0.1) is 0 Å². The van der Waals surface area contributed by atoms with Gasteiger partial charge in [0.1, 0.15) is 6.10 Å². The van der Waals surface area contributed by atoms with Gasteiger partial charge in [0.2, 0.25) is 5.91 Å². The van der Waals surface area contributed by atoms with Crippen LogP contribution in [0.25, 0.3) is 0 Å². The summed E-state index contributed by atoms with van der Waals surface area (Å²) in [6.45, 7) is 0.900. The number of hydrogen-bond acceptors (Lipinski definition) is 3. The Labute approximate surface area is 138 Å². The van der Waals surface area contributed by atoms with Crippen LogP contribution >= 0.6 is 0 Å². The summed E-state index contributed by atoms with van der Waals surface area (Å²) in [7, 11) is 0. The van der Waals surface area contributed by atoms with E-state index in [-0.39, 0.29) is 24.2 Å². The summed E-state index contributed by atoms with van der Waals surface area (Å²) < 4.78 is 5.80. The topological polar surface area (TPSA) is 58.6 Å². The monoisotopic (exact) mass is 320 g/mol. The molecule has 2 aliphatic heterocycles. The van der Waals surface area contributed by atoms with Gasteiger partial charge in [-0.2, -0.15) is 0 Å². The molecule has 0 aromatic carbocycles. The van der Waals surface area contributed by atoms with E-state index in [2.05, 4.69) is 10.2 Å². The Morgan fingerprint density at radius 3 is 2.65 bits per heavy atom. The van der Waals surface area contributed by atoms with Crippen molar-refractivity contribution in [2.75, 3.05) is 6.54 Å². The minimum Gasteiger partial charge on any atom is -0.446 e. The van der Waals surface area contributed by atoms with E-state index >= 15 is 0 Å². The molecule has 2 amide bonds. The Balaban J connectivity index is 1.38. The second-order valence-corrected chi connectivity index (χ2v) is 7.85. The molecule has 4 aliphatic rings. The molecule has 23 heavy (non-hydrogen) atoms. The fourth-order valence-electron chi connectivity index (χ4n) is 5.27. The smallest absolute Gasteiger partial charge is 0.407 e. The van der Waals surface area contributed by atoms with Crippen molar-refractivity contribution in [1.82, 2.24) is 10.2 Å². The third kappa shape index (κ3) is 2.94. The number of fused-ring (bicyclic) bond motifs is 4. The first-order valence-electron chi connectivity index (χ1n) is 9.50. The number of piperidine rings is 2. The van der Waals surface area contributed by atoms with E-state index in [9.17, 15) is 9.59 Å². The van der Waals surface area contributed by atoms with Crippen molar-refractivity contribution in [1.29, 1.82) is 0 Å². The maximum Gasteiger partial charge on any atom is 0.407 e. The zero-order valence-electron chi connectivity index (χ0n) is 13.8. The predicted molar refractivity (Wildman–Crippen MR) is 85.8 cm³/mol. The average molecular weight is 320 g/mol. The summed E-state index contributed by atoms with van der Waals surface area (Å²) in [6, 6.07) is 0.590. The zero-order chi connectivity index (χ0) is 15.8. The van der Waals surface area contributed by atoms with Gasteiger partial charge >= 0.3 is 6.09 Å². The molecule has 1 N–H and O–H groups in total. The summed E-state index contributed by atoms with van der Waals surface area (Å²) in [6.07, 6.45) is 10.5. The number of nitrogens with zero attached hydrogens (tertiary/aromatic N) is 1. The summed E-state index contributed by atoms with van der Waals surface area (Å²) in [5.41, 5.74) is 0. The molecule has 2 heterocycles. The van der Waals surface area contributed by atoms with Gasteiger partial charge in [0.05, 0.1) is 0 Å². The lowest BCUT2D eigenvalue weighted by molar-refractivity contribution is -0.143. The van der Waals surface area contributed by atoms with Gasteiger partial charge in [-0.25, -0.2) is 4.79 Å². The van der Waals surface area contributed by atoms with Crippen LogP contribution in [-0.4, -0.2) is 41.6 Å². The van der Waals surface area contributed by atoms with Gasteiger partial charge in [-0.3, -0.25) is 4.79 Å². The Kier molecular flexibility index (Phi) is 4.20. The lowest BCUT2D eigenvalue weighted by atomic mass is 9.84. The number of nitrogens with one attached hydrogen (secondary N) is 1. The summed E-state index contributed by atoms with van der Waals surface area (Å²) in [5, 5.41) is 3.05. The molecule has 0 radical (unpaired) electrons. The minimum absolute atomic E-state index is 0.0689. The molecule has 2 saturated carbocycles. The minimum atomic E-state index is -0.260. The van der Waals surface area contributed by atoms with E-state index in [1.165, 1.54) is 25.7 Å². The number of ether oxygens (including phenoxy) is 1. The highest BCUT2D eigenvalue weighted by atomic mass is 16.6. The molecule has 0 spiro atoms. The number of rotatable bonds is 2. The van der Waals surface area contributed by atoms with E-state index in [0.29, 0.717) is 17.9 Å². The van der Waals surface area contributed by atoms with Crippen LogP contribution in [0, 0.1) is 11.8 Å². The molecule has 0 aromatic heterocycles. The number of amides is 2. The molecule has 0 aromatic rings. The molecule has 128 valence electrons. The second-order valence-electron chi connectivity index (χ2n) is 7.85. The van der Waals surface area contributed by atoms with Crippen LogP contribution in [0.1, 0.15) is 64.2 Å². The average Bonchev–Trinajstić information content (AvgIpc) is 2.94. The number of carbonyl (C=O) groups is 2. The normalized spacial score (nSPS) is 37.4. The molecular weight excluding hydrogens is 292 g/mol. The third-order valence-electron chi connectivity index (χ3n) is 6.41. The Bertz CT molecular complexity index is 475. The van der Waals surface area contributed by atoms with E-state index in [1.807, 2.05) is 0 Å². The van der Waals surface area contributed by atoms with E-state index in [4.69, 9.17) is 4.74 Å². The van der Waals surface area contributed by atoms with Gasteiger partial charge < -0.3 is 15.0 Å². The largest absolute Gasteiger partial charge is 0.446 e. The fraction of sp³-hybridized carbons (Fsp3) is 0.889. The molecule has 4 fully saturated rings. The predicted octanol–water partition coefficient (Wildman–Crippen LogP) is 2.83. The molecule has 2 bridgehead atoms. The van der Waals surface area contributed by atoms with Crippen molar-refractivity contribution in [3.05, 3.63) is 0 Å². The van der Waals surface area contributed by atoms with Crippen molar-refractivity contribution in [2.24, 2.45) is 11.8 Å². The summed E-state index contributed by atoms with van der Waals surface area (Å²) in [4.78, 5) is 26.9. The first-order valence-corrected chi connectivity index (χ1v) is 9.50. The third-order valence-corrected chi connectivity index (χ3v) is 6.41. The molecule has 2 aliphatic carbocycles. The van der Waals surface area contributed by atoms with Crippen molar-refractivity contribution >= 4 is 12.0 Å². The second kappa shape index (κ2) is 6.33. The van der Waals surface area contributed by atoms with Gasteiger partial charge in [-0.05, 0) is 44.9 Å². The molecule has 4 atom stereocenters. The highest BCUT2D eigenvalue weighted by Gasteiger charge is 2.52. The van der Waals surface area contributed by atoms with E-state index in [1.54, 1.807) is 0 Å². The van der Waals surface area contributed by atoms with Crippen LogP contribution in [0.2, 0.25) is 0 Å². The van der Waals surface area contributed by atoms with Crippen LogP contribution in [0.15, 0.2) is 0 Å². The Morgan fingerprint density at radius 1 is 1.04 bits per heavy atom. The van der Waals surface area contributed by atoms with Crippen LogP contribution < -0.4 is 5.32 Å². The SMILES string of the molecule is O=C(NC1CCCCC1)OC1CC2CC1[C@H]1CCCCN1C2=O. The number of hydrogen-bond donors (Lipinski definition) is 1.